The number of fused-ring (bicyclic) bond motifs is 1. The van der Waals surface area contributed by atoms with Gasteiger partial charge in [-0.1, -0.05) is 6.07 Å². The Morgan fingerprint density at radius 2 is 1.97 bits per heavy atom. The van der Waals surface area contributed by atoms with Crippen molar-refractivity contribution < 1.29 is 24.1 Å². The van der Waals surface area contributed by atoms with Gasteiger partial charge in [-0.15, -0.1) is 0 Å². The molecule has 10 heteroatoms. The molecule has 210 valence electrons. The van der Waals surface area contributed by atoms with Crippen LogP contribution in [0.4, 0.5) is 0 Å². The van der Waals surface area contributed by atoms with E-state index in [0.717, 1.165) is 60.6 Å². The number of aliphatic hydroxyl groups is 1. The molecule has 1 unspecified atom stereocenters. The molecule has 0 amide bonds. The molecule has 2 aromatic heterocycles. The number of hydrogen-bond donors (Lipinski definition) is 2. The third-order valence-electron chi connectivity index (χ3n) is 7.65. The second kappa shape index (κ2) is 12.0. The number of esters is 1. The number of hydrogen-bond acceptors (Lipinski definition) is 8. The third-order valence-corrected chi connectivity index (χ3v) is 7.65. The largest absolute Gasteiger partial charge is 0.459 e. The molecule has 3 aromatic rings. The number of aromatic nitrogens is 3. The van der Waals surface area contributed by atoms with Crippen molar-refractivity contribution in [3.8, 4) is 11.4 Å². The molecule has 0 aliphatic carbocycles. The number of rotatable bonds is 9. The van der Waals surface area contributed by atoms with Gasteiger partial charge in [0.25, 0.3) is 5.56 Å². The standard InChI is InChI=1S/C29H38N4O6/c1-18-12-22(16-32(3)28(18)35)27-31-24-13-21(4-5-25(24)33(27)15-20-6-9-37-10-7-20)14-30-26(19(2)34)29(36)39-23-8-11-38-17-23/h4-5,12-13,16,19-20,23,26,30,34H,6-11,14-15,17H2,1-3H3/t19-,23?,26+/m1/s1. The molecular formula is C29H38N4O6. The van der Waals surface area contributed by atoms with Crippen LogP contribution in [0.5, 0.6) is 0 Å². The highest BCUT2D eigenvalue weighted by molar-refractivity contribution is 5.81. The Morgan fingerprint density at radius 1 is 1.21 bits per heavy atom. The molecule has 0 radical (unpaired) electrons. The fourth-order valence-electron chi connectivity index (χ4n) is 5.40. The number of pyridine rings is 1. The van der Waals surface area contributed by atoms with Crippen molar-refractivity contribution in [1.82, 2.24) is 19.4 Å². The molecule has 10 nitrogen and oxygen atoms in total. The predicted octanol–water partition coefficient (Wildman–Crippen LogP) is 2.31. The SMILES string of the molecule is Cc1cc(-c2nc3cc(CN[C@H](C(=O)OC4CCOC4)[C@@H](C)O)ccc3n2CC2CCOCC2)cn(C)c1=O. The van der Waals surface area contributed by atoms with Crippen LogP contribution >= 0.6 is 0 Å². The third kappa shape index (κ3) is 6.24. The fraction of sp³-hybridized carbons (Fsp3) is 0.552. The monoisotopic (exact) mass is 538 g/mol. The Hall–Kier alpha value is -3.05. The molecule has 2 saturated heterocycles. The highest BCUT2D eigenvalue weighted by Gasteiger charge is 2.29. The molecular weight excluding hydrogens is 500 g/mol. The number of carbonyl (C=O) groups is 1. The van der Waals surface area contributed by atoms with Gasteiger partial charge in [0.1, 0.15) is 18.0 Å². The summed E-state index contributed by atoms with van der Waals surface area (Å²) in [5, 5.41) is 13.4. The van der Waals surface area contributed by atoms with Gasteiger partial charge < -0.3 is 28.5 Å². The second-order valence-electron chi connectivity index (χ2n) is 10.8. The normalized spacial score (nSPS) is 19.8. The number of nitrogens with zero attached hydrogens (tertiary/aromatic N) is 3. The average Bonchev–Trinajstić information content (AvgIpc) is 3.55. The smallest absolute Gasteiger partial charge is 0.326 e. The lowest BCUT2D eigenvalue weighted by atomic mass is 10.00. The Bertz CT molecular complexity index is 1340. The Kier molecular flexibility index (Phi) is 8.46. The molecule has 1 aromatic carbocycles. The zero-order valence-corrected chi connectivity index (χ0v) is 22.9. The van der Waals surface area contributed by atoms with Crippen molar-refractivity contribution >= 4 is 17.0 Å². The molecule has 5 rings (SSSR count). The van der Waals surface area contributed by atoms with Crippen LogP contribution in [0.25, 0.3) is 22.4 Å². The number of aliphatic hydroxyl groups excluding tert-OH is 1. The maximum absolute atomic E-state index is 12.7. The van der Waals surface area contributed by atoms with Crippen LogP contribution in [-0.2, 0) is 39.1 Å². The van der Waals surface area contributed by atoms with Gasteiger partial charge in [0.05, 0.1) is 30.4 Å². The summed E-state index contributed by atoms with van der Waals surface area (Å²) >= 11 is 0. The van der Waals surface area contributed by atoms with Crippen molar-refractivity contribution in [3.63, 3.8) is 0 Å². The zero-order chi connectivity index (χ0) is 27.5. The molecule has 2 fully saturated rings. The summed E-state index contributed by atoms with van der Waals surface area (Å²) in [6.45, 7) is 7.08. The van der Waals surface area contributed by atoms with E-state index in [4.69, 9.17) is 19.2 Å². The lowest BCUT2D eigenvalue weighted by molar-refractivity contribution is -0.154. The summed E-state index contributed by atoms with van der Waals surface area (Å²) in [6, 6.07) is 7.14. The van der Waals surface area contributed by atoms with Gasteiger partial charge >= 0.3 is 5.97 Å². The first-order valence-corrected chi connectivity index (χ1v) is 13.7. The molecule has 2 aliphatic heterocycles. The highest BCUT2D eigenvalue weighted by atomic mass is 16.6. The minimum absolute atomic E-state index is 0.0224. The van der Waals surface area contributed by atoms with Gasteiger partial charge in [0.15, 0.2) is 0 Å². The Morgan fingerprint density at radius 3 is 2.67 bits per heavy atom. The minimum Gasteiger partial charge on any atom is -0.459 e. The Labute approximate surface area is 227 Å². The maximum atomic E-state index is 12.7. The number of nitrogens with one attached hydrogen (secondary N) is 1. The number of aryl methyl sites for hydroxylation is 2. The molecule has 0 saturated carbocycles. The summed E-state index contributed by atoms with van der Waals surface area (Å²) in [6.07, 6.45) is 3.32. The van der Waals surface area contributed by atoms with Crippen LogP contribution in [0.2, 0.25) is 0 Å². The van der Waals surface area contributed by atoms with Crippen LogP contribution < -0.4 is 10.9 Å². The highest BCUT2D eigenvalue weighted by Crippen LogP contribution is 2.29. The van der Waals surface area contributed by atoms with E-state index < -0.39 is 18.1 Å². The van der Waals surface area contributed by atoms with Crippen molar-refractivity contribution in [2.75, 3.05) is 26.4 Å². The molecule has 0 bridgehead atoms. The van der Waals surface area contributed by atoms with Crippen molar-refractivity contribution in [3.05, 3.63) is 51.9 Å². The summed E-state index contributed by atoms with van der Waals surface area (Å²) in [5.41, 5.74) is 4.33. The molecule has 4 heterocycles. The first kappa shape index (κ1) is 27.5. The zero-order valence-electron chi connectivity index (χ0n) is 22.9. The van der Waals surface area contributed by atoms with E-state index in [9.17, 15) is 14.7 Å². The van der Waals surface area contributed by atoms with E-state index in [1.165, 1.54) is 0 Å². The van der Waals surface area contributed by atoms with Gasteiger partial charge in [-0.05, 0) is 56.4 Å². The topological polar surface area (TPSA) is 117 Å². The van der Waals surface area contributed by atoms with Crippen LogP contribution in [0.1, 0.15) is 37.3 Å². The molecule has 2 N–H and O–H groups in total. The lowest BCUT2D eigenvalue weighted by Crippen LogP contribution is -2.46. The van der Waals surface area contributed by atoms with Crippen molar-refractivity contribution in [1.29, 1.82) is 0 Å². The summed E-state index contributed by atoms with van der Waals surface area (Å²) in [7, 11) is 1.76. The molecule has 3 atom stereocenters. The first-order chi connectivity index (χ1) is 18.8. The average molecular weight is 539 g/mol. The van der Waals surface area contributed by atoms with Gasteiger partial charge in [-0.3, -0.25) is 14.9 Å². The summed E-state index contributed by atoms with van der Waals surface area (Å²) in [4.78, 5) is 30.1. The number of carbonyl (C=O) groups excluding carboxylic acids is 1. The van der Waals surface area contributed by atoms with Gasteiger partial charge in [-0.25, -0.2) is 4.98 Å². The van der Waals surface area contributed by atoms with Crippen LogP contribution in [0, 0.1) is 12.8 Å². The van der Waals surface area contributed by atoms with Gasteiger partial charge in [0.2, 0.25) is 0 Å². The molecule has 0 spiro atoms. The van der Waals surface area contributed by atoms with Crippen molar-refractivity contribution in [2.45, 2.75) is 64.4 Å². The van der Waals surface area contributed by atoms with Gasteiger partial charge in [0, 0.05) is 57.1 Å². The first-order valence-electron chi connectivity index (χ1n) is 13.7. The second-order valence-corrected chi connectivity index (χ2v) is 10.8. The van der Waals surface area contributed by atoms with Crippen LogP contribution in [0.3, 0.4) is 0 Å². The summed E-state index contributed by atoms with van der Waals surface area (Å²) in [5.74, 6) is 0.826. The van der Waals surface area contributed by atoms with Crippen LogP contribution in [0.15, 0.2) is 35.3 Å². The van der Waals surface area contributed by atoms with E-state index in [1.54, 1.807) is 18.5 Å². The van der Waals surface area contributed by atoms with E-state index in [0.29, 0.717) is 37.7 Å². The quantitative estimate of drug-likeness (QED) is 0.399. The lowest BCUT2D eigenvalue weighted by Gasteiger charge is -2.23. The van der Waals surface area contributed by atoms with Crippen LogP contribution in [-0.4, -0.2) is 69.9 Å². The van der Waals surface area contributed by atoms with E-state index in [1.807, 2.05) is 31.3 Å². The van der Waals surface area contributed by atoms with E-state index in [2.05, 4.69) is 16.0 Å². The number of benzene rings is 1. The molecule has 2 aliphatic rings. The number of imidazole rings is 1. The minimum atomic E-state index is -0.915. The molecule has 39 heavy (non-hydrogen) atoms. The summed E-state index contributed by atoms with van der Waals surface area (Å²) < 4.78 is 20.2. The van der Waals surface area contributed by atoms with E-state index >= 15 is 0 Å². The maximum Gasteiger partial charge on any atom is 0.326 e. The Balaban J connectivity index is 1.41. The van der Waals surface area contributed by atoms with Crippen molar-refractivity contribution in [2.24, 2.45) is 13.0 Å². The van der Waals surface area contributed by atoms with E-state index in [-0.39, 0.29) is 11.7 Å². The van der Waals surface area contributed by atoms with Gasteiger partial charge in [-0.2, -0.15) is 0 Å². The predicted molar refractivity (Wildman–Crippen MR) is 146 cm³/mol. The number of ether oxygens (including phenoxy) is 3. The fourth-order valence-corrected chi connectivity index (χ4v) is 5.40.